The molecule has 0 saturated heterocycles. The molecular weight excluding hydrogens is 207 g/mol. The Morgan fingerprint density at radius 2 is 1.87 bits per heavy atom. The average molecular weight is 224 g/mol. The summed E-state index contributed by atoms with van der Waals surface area (Å²) in [6.45, 7) is 6.47. The van der Waals surface area contributed by atoms with Crippen LogP contribution in [0.1, 0.15) is 38.3 Å². The second-order valence-electron chi connectivity index (χ2n) is 4.54. The molecule has 0 aliphatic heterocycles. The van der Waals surface area contributed by atoms with E-state index in [1.807, 2.05) is 6.07 Å². The highest BCUT2D eigenvalue weighted by atomic mass is 31.1. The van der Waals surface area contributed by atoms with Crippen LogP contribution in [0, 0.1) is 0 Å². The maximum absolute atomic E-state index is 9.06. The van der Waals surface area contributed by atoms with Crippen molar-refractivity contribution in [2.75, 3.05) is 0 Å². The SMILES string of the molecule is CCC1(OPO)c2ccccc2C1(C)C. The van der Waals surface area contributed by atoms with E-state index in [4.69, 9.17) is 9.42 Å². The molecular formula is C12H17O2P. The quantitative estimate of drug-likeness (QED) is 0.799. The fourth-order valence-corrected chi connectivity index (χ4v) is 3.50. The molecule has 1 aromatic carbocycles. The van der Waals surface area contributed by atoms with Gasteiger partial charge in [0.1, 0.15) is 5.60 Å². The first kappa shape index (κ1) is 11.1. The molecule has 2 rings (SSSR count). The first-order chi connectivity index (χ1) is 7.10. The smallest absolute Gasteiger partial charge is 0.153 e. The lowest BCUT2D eigenvalue weighted by Gasteiger charge is -2.56. The van der Waals surface area contributed by atoms with Crippen molar-refractivity contribution in [3.8, 4) is 0 Å². The second-order valence-corrected chi connectivity index (χ2v) is 4.93. The van der Waals surface area contributed by atoms with Gasteiger partial charge < -0.3 is 9.42 Å². The van der Waals surface area contributed by atoms with E-state index in [2.05, 4.69) is 39.0 Å². The monoisotopic (exact) mass is 224 g/mol. The molecule has 1 N–H and O–H groups in total. The van der Waals surface area contributed by atoms with Gasteiger partial charge in [0.2, 0.25) is 0 Å². The minimum absolute atomic E-state index is 0.00588. The van der Waals surface area contributed by atoms with E-state index in [9.17, 15) is 0 Å². The normalized spacial score (nSPS) is 27.7. The van der Waals surface area contributed by atoms with Crippen molar-refractivity contribution < 1.29 is 9.42 Å². The van der Waals surface area contributed by atoms with Gasteiger partial charge in [0, 0.05) is 5.41 Å². The third kappa shape index (κ3) is 1.22. The van der Waals surface area contributed by atoms with E-state index in [0.717, 1.165) is 6.42 Å². The fourth-order valence-electron chi connectivity index (χ4n) is 2.84. The summed E-state index contributed by atoms with van der Waals surface area (Å²) >= 11 is 0. The summed E-state index contributed by atoms with van der Waals surface area (Å²) in [7, 11) is -0.447. The Balaban J connectivity index is 2.52. The van der Waals surface area contributed by atoms with E-state index >= 15 is 0 Å². The topological polar surface area (TPSA) is 29.5 Å². The molecule has 0 fully saturated rings. The van der Waals surface area contributed by atoms with Crippen molar-refractivity contribution in [1.29, 1.82) is 0 Å². The molecule has 0 amide bonds. The van der Waals surface area contributed by atoms with Gasteiger partial charge in [0.25, 0.3) is 0 Å². The molecule has 2 unspecified atom stereocenters. The molecule has 2 atom stereocenters. The van der Waals surface area contributed by atoms with Crippen LogP contribution in [0.4, 0.5) is 0 Å². The molecule has 1 aliphatic carbocycles. The molecule has 0 heterocycles. The van der Waals surface area contributed by atoms with Crippen molar-refractivity contribution in [3.05, 3.63) is 35.4 Å². The third-order valence-corrected chi connectivity index (χ3v) is 4.20. The maximum Gasteiger partial charge on any atom is 0.153 e. The number of hydrogen-bond acceptors (Lipinski definition) is 2. The lowest BCUT2D eigenvalue weighted by atomic mass is 9.54. The Labute approximate surface area is 92.6 Å². The van der Waals surface area contributed by atoms with Crippen molar-refractivity contribution in [1.82, 2.24) is 0 Å². The largest absolute Gasteiger partial charge is 0.352 e. The number of fused-ring (bicyclic) bond motifs is 1. The highest BCUT2D eigenvalue weighted by molar-refractivity contribution is 7.25. The predicted molar refractivity (Wildman–Crippen MR) is 63.1 cm³/mol. The summed E-state index contributed by atoms with van der Waals surface area (Å²) < 4.78 is 5.64. The third-order valence-electron chi connectivity index (χ3n) is 3.76. The molecule has 3 heteroatoms. The fraction of sp³-hybridized carbons (Fsp3) is 0.500. The van der Waals surface area contributed by atoms with Gasteiger partial charge in [-0.3, -0.25) is 0 Å². The lowest BCUT2D eigenvalue weighted by Crippen LogP contribution is -2.55. The van der Waals surface area contributed by atoms with Gasteiger partial charge >= 0.3 is 0 Å². The van der Waals surface area contributed by atoms with Crippen LogP contribution >= 0.6 is 9.03 Å². The van der Waals surface area contributed by atoms with Crippen LogP contribution in [-0.4, -0.2) is 4.89 Å². The molecule has 15 heavy (non-hydrogen) atoms. The summed E-state index contributed by atoms with van der Waals surface area (Å²) in [5.74, 6) is 0. The van der Waals surface area contributed by atoms with Gasteiger partial charge in [-0.25, -0.2) is 0 Å². The van der Waals surface area contributed by atoms with Crippen LogP contribution < -0.4 is 0 Å². The van der Waals surface area contributed by atoms with Crippen LogP contribution in [0.15, 0.2) is 24.3 Å². The average Bonchev–Trinajstić information content (AvgIpc) is 2.25. The Kier molecular flexibility index (Phi) is 2.62. The van der Waals surface area contributed by atoms with Gasteiger partial charge in [0.05, 0.1) is 0 Å². The summed E-state index contributed by atoms with van der Waals surface area (Å²) in [6.07, 6.45) is 0.893. The highest BCUT2D eigenvalue weighted by Gasteiger charge is 2.57. The maximum atomic E-state index is 9.06. The van der Waals surface area contributed by atoms with E-state index in [0.29, 0.717) is 0 Å². The van der Waals surface area contributed by atoms with Crippen molar-refractivity contribution >= 4 is 9.03 Å². The lowest BCUT2D eigenvalue weighted by molar-refractivity contribution is -0.0348. The molecule has 0 saturated carbocycles. The minimum atomic E-state index is -0.447. The van der Waals surface area contributed by atoms with E-state index in [1.165, 1.54) is 11.1 Å². The van der Waals surface area contributed by atoms with Gasteiger partial charge in [-0.2, -0.15) is 0 Å². The standard InChI is InChI=1S/C12H17O2P/c1-4-12(14-15-13)10-8-6-5-7-9(10)11(12,2)3/h5-8,13,15H,4H2,1-3H3. The highest BCUT2D eigenvalue weighted by Crippen LogP contribution is 2.60. The summed E-state index contributed by atoms with van der Waals surface area (Å²) in [6, 6.07) is 8.33. The molecule has 1 aliphatic rings. The Hall–Kier alpha value is -0.430. The number of rotatable bonds is 3. The van der Waals surface area contributed by atoms with Gasteiger partial charge in [-0.05, 0) is 17.5 Å². The van der Waals surface area contributed by atoms with Crippen LogP contribution in [0.5, 0.6) is 0 Å². The molecule has 0 bridgehead atoms. The number of benzene rings is 1. The van der Waals surface area contributed by atoms with E-state index in [-0.39, 0.29) is 11.0 Å². The Morgan fingerprint density at radius 1 is 1.27 bits per heavy atom. The van der Waals surface area contributed by atoms with Crippen molar-refractivity contribution in [3.63, 3.8) is 0 Å². The molecule has 0 radical (unpaired) electrons. The Bertz CT molecular complexity index is 376. The zero-order chi connectivity index (χ0) is 11.1. The molecule has 2 nitrogen and oxygen atoms in total. The molecule has 0 aromatic heterocycles. The van der Waals surface area contributed by atoms with Crippen LogP contribution in [0.25, 0.3) is 0 Å². The first-order valence-corrected chi connectivity index (χ1v) is 6.13. The van der Waals surface area contributed by atoms with Crippen molar-refractivity contribution in [2.24, 2.45) is 0 Å². The predicted octanol–water partition coefficient (Wildman–Crippen LogP) is 3.10. The summed E-state index contributed by atoms with van der Waals surface area (Å²) in [4.78, 5) is 9.06. The van der Waals surface area contributed by atoms with E-state index < -0.39 is 9.03 Å². The van der Waals surface area contributed by atoms with Crippen LogP contribution in [0.2, 0.25) is 0 Å². The zero-order valence-corrected chi connectivity index (χ0v) is 10.4. The Morgan fingerprint density at radius 3 is 2.40 bits per heavy atom. The molecule has 82 valence electrons. The first-order valence-electron chi connectivity index (χ1n) is 5.27. The summed E-state index contributed by atoms with van der Waals surface area (Å²) in [5, 5.41) is 0. The van der Waals surface area contributed by atoms with Crippen molar-refractivity contribution in [2.45, 2.75) is 38.2 Å². The second kappa shape index (κ2) is 3.55. The van der Waals surface area contributed by atoms with E-state index in [1.54, 1.807) is 0 Å². The van der Waals surface area contributed by atoms with Crippen LogP contribution in [0.3, 0.4) is 0 Å². The number of hydrogen-bond donors (Lipinski definition) is 1. The molecule has 0 spiro atoms. The zero-order valence-electron chi connectivity index (χ0n) is 9.37. The molecule has 1 aromatic rings. The van der Waals surface area contributed by atoms with Gasteiger partial charge in [-0.1, -0.05) is 45.0 Å². The van der Waals surface area contributed by atoms with Crippen LogP contribution in [-0.2, 0) is 15.5 Å². The van der Waals surface area contributed by atoms with Gasteiger partial charge in [0.15, 0.2) is 9.03 Å². The van der Waals surface area contributed by atoms with Gasteiger partial charge in [-0.15, -0.1) is 0 Å². The minimum Gasteiger partial charge on any atom is -0.352 e. The summed E-state index contributed by atoms with van der Waals surface area (Å²) in [5.41, 5.74) is 2.27.